The first-order chi connectivity index (χ1) is 11.5. The molecule has 0 spiro atoms. The second-order valence-corrected chi connectivity index (χ2v) is 7.79. The van der Waals surface area contributed by atoms with Gasteiger partial charge in [0.15, 0.2) is 0 Å². The predicted molar refractivity (Wildman–Crippen MR) is 94.9 cm³/mol. The minimum atomic E-state index is -0.562. The summed E-state index contributed by atoms with van der Waals surface area (Å²) >= 11 is 0. The van der Waals surface area contributed by atoms with Crippen molar-refractivity contribution in [2.24, 2.45) is 17.8 Å². The smallest absolute Gasteiger partial charge is 0.338 e. The Labute approximate surface area is 145 Å². The van der Waals surface area contributed by atoms with E-state index in [-0.39, 0.29) is 12.1 Å². The first-order valence-electron chi connectivity index (χ1n) is 9.51. The third kappa shape index (κ3) is 3.51. The summed E-state index contributed by atoms with van der Waals surface area (Å²) in [6.07, 6.45) is 6.69. The number of cyclic esters (lactones) is 1. The van der Waals surface area contributed by atoms with Crippen LogP contribution in [0.1, 0.15) is 80.5 Å². The predicted octanol–water partition coefficient (Wildman–Crippen LogP) is 4.67. The lowest BCUT2D eigenvalue weighted by Gasteiger charge is -2.37. The Balaban J connectivity index is 1.70. The van der Waals surface area contributed by atoms with Crippen LogP contribution in [-0.4, -0.2) is 17.2 Å². The van der Waals surface area contributed by atoms with Gasteiger partial charge in [-0.2, -0.15) is 0 Å². The SMILES string of the molecule is CCC1CCC(C(C)C2Cc3ccc(C(C)O)cc3C(=O)O2)CC1. The molecule has 1 aliphatic heterocycles. The molecule has 3 rings (SSSR count). The van der Waals surface area contributed by atoms with Gasteiger partial charge in [0, 0.05) is 6.42 Å². The zero-order valence-electron chi connectivity index (χ0n) is 15.1. The number of hydrogen-bond donors (Lipinski definition) is 1. The van der Waals surface area contributed by atoms with Gasteiger partial charge in [0.2, 0.25) is 0 Å². The van der Waals surface area contributed by atoms with Gasteiger partial charge in [-0.3, -0.25) is 0 Å². The average molecular weight is 330 g/mol. The molecule has 1 aliphatic carbocycles. The highest BCUT2D eigenvalue weighted by Crippen LogP contribution is 2.38. The van der Waals surface area contributed by atoms with Crippen LogP contribution >= 0.6 is 0 Å². The molecule has 132 valence electrons. The molecular formula is C21H30O3. The number of rotatable bonds is 4. The summed E-state index contributed by atoms with van der Waals surface area (Å²) in [4.78, 5) is 12.5. The molecule has 0 aromatic heterocycles. The Morgan fingerprint density at radius 1 is 1.21 bits per heavy atom. The van der Waals surface area contributed by atoms with E-state index >= 15 is 0 Å². The Bertz CT molecular complexity index is 585. The molecule has 3 unspecified atom stereocenters. The van der Waals surface area contributed by atoms with Crippen LogP contribution in [0.3, 0.4) is 0 Å². The molecule has 0 saturated heterocycles. The molecule has 0 radical (unpaired) electrons. The number of aliphatic hydroxyl groups excluding tert-OH is 1. The van der Waals surface area contributed by atoms with Crippen molar-refractivity contribution in [3.05, 3.63) is 34.9 Å². The molecule has 1 N–H and O–H groups in total. The second-order valence-electron chi connectivity index (χ2n) is 7.79. The highest BCUT2D eigenvalue weighted by atomic mass is 16.5. The topological polar surface area (TPSA) is 46.5 Å². The van der Waals surface area contributed by atoms with Crippen LogP contribution in [0.2, 0.25) is 0 Å². The van der Waals surface area contributed by atoms with Gasteiger partial charge in [0.25, 0.3) is 0 Å². The maximum absolute atomic E-state index is 12.5. The fourth-order valence-corrected chi connectivity index (χ4v) is 4.40. The van der Waals surface area contributed by atoms with Crippen molar-refractivity contribution in [3.8, 4) is 0 Å². The van der Waals surface area contributed by atoms with Crippen molar-refractivity contribution in [1.82, 2.24) is 0 Å². The van der Waals surface area contributed by atoms with E-state index in [1.165, 1.54) is 32.1 Å². The van der Waals surface area contributed by atoms with E-state index in [1.807, 2.05) is 12.1 Å². The van der Waals surface area contributed by atoms with Gasteiger partial charge in [-0.1, -0.05) is 45.2 Å². The van der Waals surface area contributed by atoms with E-state index in [0.717, 1.165) is 23.5 Å². The minimum absolute atomic E-state index is 0.00873. The fourth-order valence-electron chi connectivity index (χ4n) is 4.40. The zero-order valence-corrected chi connectivity index (χ0v) is 15.1. The Hall–Kier alpha value is -1.35. The lowest BCUT2D eigenvalue weighted by Crippen LogP contribution is -2.37. The van der Waals surface area contributed by atoms with Gasteiger partial charge in [-0.15, -0.1) is 0 Å². The van der Waals surface area contributed by atoms with Crippen LogP contribution in [0.15, 0.2) is 18.2 Å². The first-order valence-corrected chi connectivity index (χ1v) is 9.51. The maximum Gasteiger partial charge on any atom is 0.338 e. The van der Waals surface area contributed by atoms with Crippen molar-refractivity contribution in [3.63, 3.8) is 0 Å². The summed E-state index contributed by atoms with van der Waals surface area (Å²) in [7, 11) is 0. The third-order valence-electron chi connectivity index (χ3n) is 6.31. The largest absolute Gasteiger partial charge is 0.458 e. The van der Waals surface area contributed by atoms with Gasteiger partial charge >= 0.3 is 5.97 Å². The normalized spacial score (nSPS) is 29.5. The molecule has 3 nitrogen and oxygen atoms in total. The summed E-state index contributed by atoms with van der Waals surface area (Å²) in [5.74, 6) is 1.75. The highest BCUT2D eigenvalue weighted by Gasteiger charge is 2.35. The van der Waals surface area contributed by atoms with E-state index in [2.05, 4.69) is 13.8 Å². The molecule has 1 aromatic rings. The second kappa shape index (κ2) is 7.26. The molecule has 24 heavy (non-hydrogen) atoms. The average Bonchev–Trinajstić information content (AvgIpc) is 2.60. The summed E-state index contributed by atoms with van der Waals surface area (Å²) < 4.78 is 5.80. The molecule has 0 amide bonds. The number of esters is 1. The van der Waals surface area contributed by atoms with Gasteiger partial charge in [-0.05, 0) is 54.7 Å². The quantitative estimate of drug-likeness (QED) is 0.816. The van der Waals surface area contributed by atoms with Crippen LogP contribution < -0.4 is 0 Å². The number of hydrogen-bond acceptors (Lipinski definition) is 3. The third-order valence-corrected chi connectivity index (χ3v) is 6.31. The van der Waals surface area contributed by atoms with Crippen molar-refractivity contribution in [2.45, 2.75) is 71.5 Å². The van der Waals surface area contributed by atoms with Crippen molar-refractivity contribution >= 4 is 5.97 Å². The number of carbonyl (C=O) groups is 1. The molecule has 1 fully saturated rings. The Morgan fingerprint density at radius 2 is 1.92 bits per heavy atom. The van der Waals surface area contributed by atoms with E-state index in [0.29, 0.717) is 17.4 Å². The molecule has 1 heterocycles. The van der Waals surface area contributed by atoms with Gasteiger partial charge in [0.1, 0.15) is 6.10 Å². The van der Waals surface area contributed by atoms with Crippen molar-refractivity contribution < 1.29 is 14.6 Å². The molecule has 3 heteroatoms. The lowest BCUT2D eigenvalue weighted by atomic mass is 9.73. The van der Waals surface area contributed by atoms with Crippen LogP contribution in [0, 0.1) is 17.8 Å². The fraction of sp³-hybridized carbons (Fsp3) is 0.667. The summed E-state index contributed by atoms with van der Waals surface area (Å²) in [5.41, 5.74) is 2.47. The van der Waals surface area contributed by atoms with Crippen LogP contribution in [-0.2, 0) is 11.2 Å². The molecule has 0 bridgehead atoms. The number of carbonyl (C=O) groups excluding carboxylic acids is 1. The number of ether oxygens (including phenoxy) is 1. The van der Waals surface area contributed by atoms with Crippen molar-refractivity contribution in [2.75, 3.05) is 0 Å². The standard InChI is InChI=1S/C21H30O3/c1-4-15-5-7-16(8-6-15)13(2)20-12-18-10-9-17(14(3)22)11-19(18)21(23)24-20/h9-11,13-16,20,22H,4-8,12H2,1-3H3. The molecule has 1 aromatic carbocycles. The van der Waals surface area contributed by atoms with Crippen molar-refractivity contribution in [1.29, 1.82) is 0 Å². The molecule has 2 aliphatic rings. The summed E-state index contributed by atoms with van der Waals surface area (Å²) in [6.45, 7) is 6.26. The minimum Gasteiger partial charge on any atom is -0.458 e. The van der Waals surface area contributed by atoms with Crippen LogP contribution in [0.4, 0.5) is 0 Å². The molecule has 3 atom stereocenters. The monoisotopic (exact) mass is 330 g/mol. The van der Waals surface area contributed by atoms with E-state index in [1.54, 1.807) is 13.0 Å². The molecular weight excluding hydrogens is 300 g/mol. The lowest BCUT2D eigenvalue weighted by molar-refractivity contribution is -0.00343. The first kappa shape index (κ1) is 17.5. The number of fused-ring (bicyclic) bond motifs is 1. The van der Waals surface area contributed by atoms with Gasteiger partial charge in [-0.25, -0.2) is 4.79 Å². The van der Waals surface area contributed by atoms with E-state index in [4.69, 9.17) is 4.74 Å². The maximum atomic E-state index is 12.5. The highest BCUT2D eigenvalue weighted by molar-refractivity contribution is 5.92. The number of aliphatic hydroxyl groups is 1. The number of benzene rings is 1. The Kier molecular flexibility index (Phi) is 5.29. The summed E-state index contributed by atoms with van der Waals surface area (Å²) in [6, 6.07) is 5.71. The summed E-state index contributed by atoms with van der Waals surface area (Å²) in [5, 5.41) is 9.71. The zero-order chi connectivity index (χ0) is 17.3. The van der Waals surface area contributed by atoms with Crippen LogP contribution in [0.25, 0.3) is 0 Å². The van der Waals surface area contributed by atoms with E-state index < -0.39 is 6.10 Å². The van der Waals surface area contributed by atoms with Gasteiger partial charge in [0.05, 0.1) is 11.7 Å². The van der Waals surface area contributed by atoms with Gasteiger partial charge < -0.3 is 9.84 Å². The van der Waals surface area contributed by atoms with Crippen LogP contribution in [0.5, 0.6) is 0 Å². The molecule has 1 saturated carbocycles. The Morgan fingerprint density at radius 3 is 2.54 bits per heavy atom. The van der Waals surface area contributed by atoms with E-state index in [9.17, 15) is 9.90 Å².